The van der Waals surface area contributed by atoms with Gasteiger partial charge in [0, 0.05) is 63.9 Å². The van der Waals surface area contributed by atoms with Gasteiger partial charge in [-0.2, -0.15) is 0 Å². The molecule has 1 fully saturated rings. The fraction of sp³-hybridized carbons (Fsp3) is 0.286. The number of carbonyl (C=O) groups excluding carboxylic acids is 2. The number of amides is 3. The Bertz CT molecular complexity index is 1180. The van der Waals surface area contributed by atoms with Gasteiger partial charge in [0.15, 0.2) is 0 Å². The van der Waals surface area contributed by atoms with Crippen molar-refractivity contribution in [3.63, 3.8) is 0 Å². The topological polar surface area (TPSA) is 144 Å². The minimum atomic E-state index is -1.14. The minimum Gasteiger partial charge on any atom is -0.465 e. The van der Waals surface area contributed by atoms with Crippen LogP contribution in [0, 0.1) is 0 Å². The lowest BCUT2D eigenvalue weighted by atomic mass is 10.2. The van der Waals surface area contributed by atoms with E-state index in [1.807, 2.05) is 0 Å². The summed E-state index contributed by atoms with van der Waals surface area (Å²) in [5, 5.41) is 14.6. The number of hydrogen-bond donors (Lipinski definition) is 4. The van der Waals surface area contributed by atoms with E-state index in [1.54, 1.807) is 35.6 Å². The van der Waals surface area contributed by atoms with E-state index < -0.39 is 6.09 Å². The number of aromatic nitrogens is 3. The Balaban J connectivity index is 1.51. The van der Waals surface area contributed by atoms with Gasteiger partial charge in [0.25, 0.3) is 5.91 Å². The molecule has 0 spiro atoms. The third-order valence-corrected chi connectivity index (χ3v) is 5.95. The lowest BCUT2D eigenvalue weighted by Crippen LogP contribution is -2.49. The maximum atomic E-state index is 12.7. The highest BCUT2D eigenvalue weighted by Crippen LogP contribution is 2.38. The Morgan fingerprint density at radius 2 is 1.97 bits per heavy atom. The van der Waals surface area contributed by atoms with Gasteiger partial charge >= 0.3 is 6.09 Å². The van der Waals surface area contributed by atoms with Crippen molar-refractivity contribution in [2.75, 3.05) is 42.9 Å². The van der Waals surface area contributed by atoms with Gasteiger partial charge in [-0.15, -0.1) is 0 Å². The number of nitrogens with zero attached hydrogens (tertiary/aromatic N) is 4. The van der Waals surface area contributed by atoms with Crippen molar-refractivity contribution in [1.82, 2.24) is 25.2 Å². The first-order valence-electron chi connectivity index (χ1n) is 10.3. The zero-order valence-corrected chi connectivity index (χ0v) is 19.1. The first-order valence-corrected chi connectivity index (χ1v) is 11.1. The average Bonchev–Trinajstić information content (AvgIpc) is 3.22. The van der Waals surface area contributed by atoms with E-state index in [9.17, 15) is 14.4 Å². The molecule has 0 atom stereocenters. The van der Waals surface area contributed by atoms with Gasteiger partial charge < -0.3 is 30.5 Å². The number of rotatable bonds is 6. The number of piperazine rings is 1. The molecule has 0 saturated carbocycles. The largest absolute Gasteiger partial charge is 0.465 e. The standard InChI is InChI=1S/C21H22BrN7O4/c22-14-11-25-19-17(15(12-26-19)27-20(31)13-2-1-4-23-10-13)18(14)29-8-6-28(7-9-29)16(30)3-5-24-21(32)33/h1-2,4,10-12,24H,3,5-9H2,(H,25,26)(H,27,31)(H,32,33). The first kappa shape index (κ1) is 22.5. The predicted molar refractivity (Wildman–Crippen MR) is 125 cm³/mol. The second kappa shape index (κ2) is 9.86. The van der Waals surface area contributed by atoms with E-state index in [-0.39, 0.29) is 24.8 Å². The SMILES string of the molecule is O=C(O)NCCC(=O)N1CCN(c2c(Br)cnc3[nH]cc(NC(=O)c4cccnc4)c23)CC1. The predicted octanol–water partition coefficient (Wildman–Crippen LogP) is 2.28. The fourth-order valence-electron chi connectivity index (χ4n) is 3.77. The number of anilines is 2. The van der Waals surface area contributed by atoms with Crippen LogP contribution in [-0.4, -0.2) is 75.6 Å². The fourth-order valence-corrected chi connectivity index (χ4v) is 4.32. The summed E-state index contributed by atoms with van der Waals surface area (Å²) in [7, 11) is 0. The normalized spacial score (nSPS) is 13.7. The van der Waals surface area contributed by atoms with E-state index in [2.05, 4.69) is 46.4 Å². The highest BCUT2D eigenvalue weighted by Gasteiger charge is 2.25. The Morgan fingerprint density at radius 1 is 1.18 bits per heavy atom. The van der Waals surface area contributed by atoms with Crippen molar-refractivity contribution in [3.05, 3.63) is 47.0 Å². The molecule has 172 valence electrons. The van der Waals surface area contributed by atoms with E-state index in [0.29, 0.717) is 43.1 Å². The van der Waals surface area contributed by atoms with Gasteiger partial charge in [0.2, 0.25) is 5.91 Å². The second-order valence-corrected chi connectivity index (χ2v) is 8.28. The van der Waals surface area contributed by atoms with E-state index >= 15 is 0 Å². The Hall–Kier alpha value is -3.67. The van der Waals surface area contributed by atoms with Crippen molar-refractivity contribution in [1.29, 1.82) is 0 Å². The number of carbonyl (C=O) groups is 3. The molecular weight excluding hydrogens is 494 g/mol. The van der Waals surface area contributed by atoms with Crippen LogP contribution < -0.4 is 15.5 Å². The minimum absolute atomic E-state index is 0.0894. The number of aromatic amines is 1. The maximum Gasteiger partial charge on any atom is 0.404 e. The maximum absolute atomic E-state index is 12.7. The highest BCUT2D eigenvalue weighted by molar-refractivity contribution is 9.10. The van der Waals surface area contributed by atoms with Gasteiger partial charge in [-0.1, -0.05) is 0 Å². The van der Waals surface area contributed by atoms with Gasteiger partial charge in [-0.05, 0) is 28.1 Å². The Morgan fingerprint density at radius 3 is 2.67 bits per heavy atom. The molecule has 33 heavy (non-hydrogen) atoms. The van der Waals surface area contributed by atoms with Crippen LogP contribution in [0.2, 0.25) is 0 Å². The Labute approximate surface area is 197 Å². The molecule has 1 aliphatic heterocycles. The second-order valence-electron chi connectivity index (χ2n) is 7.43. The quantitative estimate of drug-likeness (QED) is 0.394. The highest BCUT2D eigenvalue weighted by atomic mass is 79.9. The van der Waals surface area contributed by atoms with Gasteiger partial charge in [-0.25, -0.2) is 9.78 Å². The summed E-state index contributed by atoms with van der Waals surface area (Å²) in [6.45, 7) is 2.26. The van der Waals surface area contributed by atoms with Crippen molar-refractivity contribution >= 4 is 56.2 Å². The van der Waals surface area contributed by atoms with Gasteiger partial charge in [-0.3, -0.25) is 14.6 Å². The zero-order chi connectivity index (χ0) is 23.4. The molecule has 4 N–H and O–H groups in total. The Kier molecular flexibility index (Phi) is 6.73. The van der Waals surface area contributed by atoms with Gasteiger partial charge in [0.05, 0.1) is 26.8 Å². The van der Waals surface area contributed by atoms with Crippen molar-refractivity contribution in [3.8, 4) is 0 Å². The van der Waals surface area contributed by atoms with E-state index in [4.69, 9.17) is 5.11 Å². The smallest absolute Gasteiger partial charge is 0.404 e. The molecule has 0 bridgehead atoms. The number of hydrogen-bond acceptors (Lipinski definition) is 6. The summed E-state index contributed by atoms with van der Waals surface area (Å²) >= 11 is 3.59. The van der Waals surface area contributed by atoms with Crippen LogP contribution in [0.15, 0.2) is 41.4 Å². The van der Waals surface area contributed by atoms with Crippen LogP contribution in [-0.2, 0) is 4.79 Å². The van der Waals surface area contributed by atoms with Crippen molar-refractivity contribution in [2.24, 2.45) is 0 Å². The molecule has 11 nitrogen and oxygen atoms in total. The van der Waals surface area contributed by atoms with E-state index in [0.717, 1.165) is 15.5 Å². The number of fused-ring (bicyclic) bond motifs is 1. The van der Waals surface area contributed by atoms with Crippen molar-refractivity contribution in [2.45, 2.75) is 6.42 Å². The molecule has 3 amide bonds. The summed E-state index contributed by atoms with van der Waals surface area (Å²) in [5.41, 5.74) is 2.55. The molecule has 4 rings (SSSR count). The number of carboxylic acid groups (broad SMARTS) is 1. The molecular formula is C21H22BrN7O4. The third kappa shape index (κ3) is 5.06. The summed E-state index contributed by atoms with van der Waals surface area (Å²) in [5.74, 6) is -0.367. The molecule has 1 aliphatic rings. The summed E-state index contributed by atoms with van der Waals surface area (Å²) in [4.78, 5) is 51.0. The van der Waals surface area contributed by atoms with Crippen LogP contribution in [0.1, 0.15) is 16.8 Å². The average molecular weight is 516 g/mol. The molecule has 1 saturated heterocycles. The molecule has 3 aromatic rings. The third-order valence-electron chi connectivity index (χ3n) is 5.37. The lowest BCUT2D eigenvalue weighted by molar-refractivity contribution is -0.131. The van der Waals surface area contributed by atoms with Crippen molar-refractivity contribution < 1.29 is 19.5 Å². The van der Waals surface area contributed by atoms with Crippen LogP contribution in [0.4, 0.5) is 16.2 Å². The monoisotopic (exact) mass is 515 g/mol. The molecule has 12 heteroatoms. The molecule has 4 heterocycles. The number of nitrogens with one attached hydrogen (secondary N) is 3. The number of pyridine rings is 2. The molecule has 0 aromatic carbocycles. The number of H-pyrrole nitrogens is 1. The van der Waals surface area contributed by atoms with Crippen LogP contribution in [0.3, 0.4) is 0 Å². The lowest BCUT2D eigenvalue weighted by Gasteiger charge is -2.37. The van der Waals surface area contributed by atoms with Crippen LogP contribution in [0.25, 0.3) is 11.0 Å². The summed E-state index contributed by atoms with van der Waals surface area (Å²) in [6.07, 6.45) is 5.50. The summed E-state index contributed by atoms with van der Waals surface area (Å²) in [6, 6.07) is 3.39. The van der Waals surface area contributed by atoms with E-state index in [1.165, 1.54) is 6.20 Å². The zero-order valence-electron chi connectivity index (χ0n) is 17.5. The number of halogens is 1. The van der Waals surface area contributed by atoms with Crippen LogP contribution >= 0.6 is 15.9 Å². The molecule has 0 unspecified atom stereocenters. The molecule has 0 radical (unpaired) electrons. The van der Waals surface area contributed by atoms with Crippen LogP contribution in [0.5, 0.6) is 0 Å². The molecule has 3 aromatic heterocycles. The molecule has 0 aliphatic carbocycles. The van der Waals surface area contributed by atoms with Gasteiger partial charge in [0.1, 0.15) is 5.65 Å². The first-order chi connectivity index (χ1) is 15.9. The summed E-state index contributed by atoms with van der Waals surface area (Å²) < 4.78 is 0.775.